The molecule has 1 aromatic carbocycles. The van der Waals surface area contributed by atoms with E-state index in [1.54, 1.807) is 24.3 Å². The van der Waals surface area contributed by atoms with Crippen molar-refractivity contribution >= 4 is 50.9 Å². The smallest absolute Gasteiger partial charge is 0.250 e. The van der Waals surface area contributed by atoms with Gasteiger partial charge in [0.2, 0.25) is 17.7 Å². The zero-order valence-electron chi connectivity index (χ0n) is 16.3. The number of ether oxygens (including phenoxy) is 1. The van der Waals surface area contributed by atoms with Gasteiger partial charge in [-0.05, 0) is 25.0 Å². The average molecular weight is 501 g/mol. The number of aliphatic hydroxyl groups excluding tert-OH is 1. The number of carbonyl (C=O) groups excluding carboxylic acids is 3. The van der Waals surface area contributed by atoms with E-state index < -0.39 is 35.5 Å². The summed E-state index contributed by atoms with van der Waals surface area (Å²) in [5.41, 5.74) is -0.683. The van der Waals surface area contributed by atoms with Gasteiger partial charge in [0.05, 0.1) is 28.6 Å². The number of likely N-dealkylation sites (tertiary alicyclic amines) is 1. The molecular formula is C20H23BrClN3O5. The van der Waals surface area contributed by atoms with Crippen molar-refractivity contribution in [1.29, 1.82) is 0 Å². The summed E-state index contributed by atoms with van der Waals surface area (Å²) < 4.78 is 6.29. The minimum absolute atomic E-state index is 0.121. The van der Waals surface area contributed by atoms with Crippen LogP contribution in [0.1, 0.15) is 12.8 Å². The minimum Gasteiger partial charge on any atom is -0.396 e. The molecule has 162 valence electrons. The van der Waals surface area contributed by atoms with Crippen LogP contribution in [-0.4, -0.2) is 70.5 Å². The molecule has 3 N–H and O–H groups in total. The number of nitrogens with zero attached hydrogens (tertiary/aromatic N) is 1. The number of hydrogen-bond acceptors (Lipinski definition) is 5. The Morgan fingerprint density at radius 1 is 1.37 bits per heavy atom. The minimum atomic E-state index is -1.12. The Bertz CT molecular complexity index is 886. The van der Waals surface area contributed by atoms with Gasteiger partial charge in [0.1, 0.15) is 11.6 Å². The van der Waals surface area contributed by atoms with Crippen LogP contribution in [0.5, 0.6) is 0 Å². The molecule has 3 amide bonds. The maximum Gasteiger partial charge on any atom is 0.250 e. The van der Waals surface area contributed by atoms with Crippen LogP contribution in [0.2, 0.25) is 5.02 Å². The van der Waals surface area contributed by atoms with Crippen molar-refractivity contribution in [2.75, 3.05) is 25.5 Å². The molecule has 2 bridgehead atoms. The van der Waals surface area contributed by atoms with Crippen LogP contribution in [0.15, 0.2) is 24.3 Å². The molecule has 10 heteroatoms. The Hall–Kier alpha value is -1.68. The van der Waals surface area contributed by atoms with Gasteiger partial charge >= 0.3 is 0 Å². The zero-order valence-corrected chi connectivity index (χ0v) is 18.6. The van der Waals surface area contributed by atoms with Gasteiger partial charge in [0.15, 0.2) is 0 Å². The molecule has 3 aliphatic heterocycles. The maximum absolute atomic E-state index is 13.4. The molecule has 3 fully saturated rings. The fourth-order valence-corrected chi connectivity index (χ4v) is 6.27. The van der Waals surface area contributed by atoms with E-state index in [0.717, 1.165) is 0 Å². The van der Waals surface area contributed by atoms with Crippen molar-refractivity contribution in [1.82, 2.24) is 10.2 Å². The van der Waals surface area contributed by atoms with Crippen LogP contribution < -0.4 is 10.6 Å². The van der Waals surface area contributed by atoms with Gasteiger partial charge < -0.3 is 25.4 Å². The van der Waals surface area contributed by atoms with E-state index >= 15 is 0 Å². The molecule has 3 saturated heterocycles. The van der Waals surface area contributed by atoms with Crippen LogP contribution in [0.4, 0.5) is 5.69 Å². The Labute approximate surface area is 187 Å². The number of carbonyl (C=O) groups is 3. The third-order valence-corrected chi connectivity index (χ3v) is 7.45. The fourth-order valence-electron chi connectivity index (χ4n) is 5.14. The number of para-hydroxylation sites is 1. The number of rotatable bonds is 6. The lowest BCUT2D eigenvalue weighted by Gasteiger charge is -2.34. The van der Waals surface area contributed by atoms with E-state index in [0.29, 0.717) is 23.6 Å². The summed E-state index contributed by atoms with van der Waals surface area (Å²) in [5.74, 6) is -2.43. The van der Waals surface area contributed by atoms with E-state index in [1.165, 1.54) is 11.9 Å². The Morgan fingerprint density at radius 3 is 2.77 bits per heavy atom. The van der Waals surface area contributed by atoms with E-state index in [9.17, 15) is 19.5 Å². The van der Waals surface area contributed by atoms with Crippen molar-refractivity contribution in [2.24, 2.45) is 11.8 Å². The molecular weight excluding hydrogens is 478 g/mol. The van der Waals surface area contributed by atoms with Crippen LogP contribution in [0, 0.1) is 11.8 Å². The predicted molar refractivity (Wildman–Crippen MR) is 113 cm³/mol. The SMILES string of the molecule is CNC(=O)[C@H]1[C@@H]2OC3(CC2Br)C(C(=O)Nc2ccccc2Cl)N(CCCO)C(=O)[C@H]13. The summed E-state index contributed by atoms with van der Waals surface area (Å²) in [6.07, 6.45) is 0.253. The van der Waals surface area contributed by atoms with Gasteiger partial charge in [0, 0.05) is 25.0 Å². The van der Waals surface area contributed by atoms with Crippen molar-refractivity contribution in [3.63, 3.8) is 0 Å². The lowest BCUT2D eigenvalue weighted by atomic mass is 9.70. The van der Waals surface area contributed by atoms with Crippen LogP contribution in [-0.2, 0) is 19.1 Å². The van der Waals surface area contributed by atoms with Crippen molar-refractivity contribution in [2.45, 2.75) is 35.4 Å². The van der Waals surface area contributed by atoms with Gasteiger partial charge in [-0.15, -0.1) is 0 Å². The summed E-state index contributed by atoms with van der Waals surface area (Å²) in [6.45, 7) is 0.0688. The van der Waals surface area contributed by atoms with E-state index in [-0.39, 0.29) is 29.8 Å². The summed E-state index contributed by atoms with van der Waals surface area (Å²) in [5, 5.41) is 15.1. The fraction of sp³-hybridized carbons (Fsp3) is 0.550. The first-order valence-electron chi connectivity index (χ1n) is 9.86. The normalized spacial score (nSPS) is 34.2. The predicted octanol–water partition coefficient (Wildman–Crippen LogP) is 1.15. The van der Waals surface area contributed by atoms with Crippen molar-refractivity contribution in [3.05, 3.63) is 29.3 Å². The molecule has 0 aromatic heterocycles. The average Bonchev–Trinajstić information content (AvgIpc) is 3.31. The highest BCUT2D eigenvalue weighted by molar-refractivity contribution is 9.09. The number of anilines is 1. The highest BCUT2D eigenvalue weighted by Crippen LogP contribution is 2.60. The Kier molecular flexibility index (Phi) is 5.82. The number of alkyl halides is 1. The number of hydrogen-bond donors (Lipinski definition) is 3. The molecule has 0 radical (unpaired) electrons. The number of aliphatic hydroxyl groups is 1. The molecule has 3 unspecified atom stereocenters. The number of amides is 3. The van der Waals surface area contributed by atoms with Gasteiger partial charge in [-0.25, -0.2) is 0 Å². The number of benzene rings is 1. The van der Waals surface area contributed by atoms with Crippen LogP contribution in [0.25, 0.3) is 0 Å². The lowest BCUT2D eigenvalue weighted by Crippen LogP contribution is -2.54. The molecule has 3 heterocycles. The van der Waals surface area contributed by atoms with Gasteiger partial charge in [-0.3, -0.25) is 14.4 Å². The molecule has 8 nitrogen and oxygen atoms in total. The van der Waals surface area contributed by atoms with Gasteiger partial charge in [0.25, 0.3) is 0 Å². The highest BCUT2D eigenvalue weighted by atomic mass is 79.9. The van der Waals surface area contributed by atoms with E-state index in [1.807, 2.05) is 0 Å². The molecule has 6 atom stereocenters. The maximum atomic E-state index is 13.4. The Balaban J connectivity index is 1.73. The number of nitrogens with one attached hydrogen (secondary N) is 2. The second kappa shape index (κ2) is 8.11. The van der Waals surface area contributed by atoms with Crippen LogP contribution >= 0.6 is 27.5 Å². The molecule has 0 saturated carbocycles. The molecule has 1 spiro atoms. The van der Waals surface area contributed by atoms with Crippen molar-refractivity contribution in [3.8, 4) is 0 Å². The monoisotopic (exact) mass is 499 g/mol. The van der Waals surface area contributed by atoms with Crippen LogP contribution in [0.3, 0.4) is 0 Å². The first-order chi connectivity index (χ1) is 14.4. The first kappa shape index (κ1) is 21.5. The van der Waals surface area contributed by atoms with Crippen molar-refractivity contribution < 1.29 is 24.2 Å². The van der Waals surface area contributed by atoms with Gasteiger partial charge in [-0.1, -0.05) is 39.7 Å². The molecule has 30 heavy (non-hydrogen) atoms. The highest BCUT2D eigenvalue weighted by Gasteiger charge is 2.76. The second-order valence-electron chi connectivity index (χ2n) is 7.86. The third-order valence-electron chi connectivity index (χ3n) is 6.28. The Morgan fingerprint density at radius 2 is 2.10 bits per heavy atom. The lowest BCUT2D eigenvalue weighted by molar-refractivity contribution is -0.140. The van der Waals surface area contributed by atoms with Gasteiger partial charge in [-0.2, -0.15) is 0 Å². The standard InChI is InChI=1S/C20H23BrClN3O5/c1-23-17(27)13-14-19(29)25(7-4-8-26)16(20(14)9-10(21)15(13)30-20)18(28)24-12-6-3-2-5-11(12)22/h2-3,5-6,10,13-16,26H,4,7-9H2,1H3,(H,23,27)(H,24,28)/t10?,13-,14+,15-,16?,20?/m1/s1. The summed E-state index contributed by atoms with van der Waals surface area (Å²) >= 11 is 9.78. The zero-order chi connectivity index (χ0) is 21.6. The summed E-state index contributed by atoms with van der Waals surface area (Å²) in [7, 11) is 1.52. The molecule has 0 aliphatic carbocycles. The second-order valence-corrected chi connectivity index (χ2v) is 9.44. The molecule has 1 aromatic rings. The molecule has 3 aliphatic rings. The number of halogens is 2. The molecule has 4 rings (SSSR count). The third kappa shape index (κ3) is 3.14. The topological polar surface area (TPSA) is 108 Å². The first-order valence-corrected chi connectivity index (χ1v) is 11.1. The van der Waals surface area contributed by atoms with E-state index in [2.05, 4.69) is 26.6 Å². The quantitative estimate of drug-likeness (QED) is 0.508. The summed E-state index contributed by atoms with van der Waals surface area (Å²) in [6, 6.07) is 5.91. The summed E-state index contributed by atoms with van der Waals surface area (Å²) in [4.78, 5) is 40.8. The number of fused-ring (bicyclic) bond motifs is 1. The largest absolute Gasteiger partial charge is 0.396 e. The van der Waals surface area contributed by atoms with E-state index in [4.69, 9.17) is 16.3 Å².